The molecule has 0 radical (unpaired) electrons. The van der Waals surface area contributed by atoms with Crippen LogP contribution in [0.1, 0.15) is 19.4 Å². The number of hydrogen-bond donors (Lipinski definition) is 0. The second-order valence-electron chi connectivity index (χ2n) is 2.48. The number of hydrogen-bond acceptors (Lipinski definition) is 1. The van der Waals surface area contributed by atoms with Crippen molar-refractivity contribution >= 4 is 5.57 Å². The lowest BCUT2D eigenvalue weighted by atomic mass is 10.1. The van der Waals surface area contributed by atoms with E-state index in [0.29, 0.717) is 0 Å². The van der Waals surface area contributed by atoms with E-state index in [0.717, 1.165) is 0 Å². The number of nitrogens with zero attached hydrogens (tertiary/aromatic N) is 1. The smallest absolute Gasteiger partial charge is 0.0273 e. The van der Waals surface area contributed by atoms with Crippen molar-refractivity contribution in [3.05, 3.63) is 48.3 Å². The molecule has 1 heteroatoms. The highest BCUT2D eigenvalue weighted by atomic mass is 14.6. The summed E-state index contributed by atoms with van der Waals surface area (Å²) in [5.74, 6) is 0. The van der Waals surface area contributed by atoms with Gasteiger partial charge in [0, 0.05) is 12.4 Å². The summed E-state index contributed by atoms with van der Waals surface area (Å²) in [6.07, 6.45) is 9.84. The maximum atomic E-state index is 3.97. The summed E-state index contributed by atoms with van der Waals surface area (Å²) in [6.45, 7) is 4.06. The molecule has 0 N–H and O–H groups in total. The zero-order valence-corrected chi connectivity index (χ0v) is 7.49. The molecular formula is C11H13N. The maximum absolute atomic E-state index is 3.97. The van der Waals surface area contributed by atoms with Crippen LogP contribution in [-0.4, -0.2) is 4.98 Å². The minimum atomic E-state index is 1.21. The Kier molecular flexibility index (Phi) is 3.27. The summed E-state index contributed by atoms with van der Waals surface area (Å²) < 4.78 is 0. The van der Waals surface area contributed by atoms with Crippen molar-refractivity contribution in [1.82, 2.24) is 4.98 Å². The van der Waals surface area contributed by atoms with Crippen LogP contribution in [0.4, 0.5) is 0 Å². The van der Waals surface area contributed by atoms with Crippen LogP contribution in [0.3, 0.4) is 0 Å². The Labute approximate surface area is 73.5 Å². The standard InChI is InChI=1S/C11H13N/c1-3-5-10(4-2)11-6-8-12-9-7-11/h3-9H,1-2H3. The quantitative estimate of drug-likeness (QED) is 0.604. The summed E-state index contributed by atoms with van der Waals surface area (Å²) >= 11 is 0. The molecule has 1 aromatic rings. The maximum Gasteiger partial charge on any atom is 0.0273 e. The number of pyridine rings is 1. The van der Waals surface area contributed by atoms with Crippen molar-refractivity contribution in [3.63, 3.8) is 0 Å². The molecule has 1 heterocycles. The van der Waals surface area contributed by atoms with Gasteiger partial charge in [0.2, 0.25) is 0 Å². The molecule has 1 nitrogen and oxygen atoms in total. The van der Waals surface area contributed by atoms with E-state index in [2.05, 4.69) is 17.1 Å². The first kappa shape index (κ1) is 8.72. The molecule has 0 atom stereocenters. The minimum absolute atomic E-state index is 1.21. The van der Waals surface area contributed by atoms with E-state index in [4.69, 9.17) is 0 Å². The fourth-order valence-electron chi connectivity index (χ4n) is 1.08. The van der Waals surface area contributed by atoms with E-state index in [1.54, 1.807) is 0 Å². The molecular weight excluding hydrogens is 146 g/mol. The number of allylic oxidation sites excluding steroid dienone is 4. The zero-order valence-electron chi connectivity index (χ0n) is 7.49. The molecule has 0 aliphatic heterocycles. The van der Waals surface area contributed by atoms with E-state index in [1.807, 2.05) is 44.4 Å². The average molecular weight is 159 g/mol. The topological polar surface area (TPSA) is 12.9 Å². The Bertz CT molecular complexity index is 283. The minimum Gasteiger partial charge on any atom is -0.265 e. The van der Waals surface area contributed by atoms with Gasteiger partial charge in [-0.1, -0.05) is 18.2 Å². The van der Waals surface area contributed by atoms with Crippen LogP contribution < -0.4 is 0 Å². The molecule has 0 aliphatic carbocycles. The fraction of sp³-hybridized carbons (Fsp3) is 0.182. The molecule has 0 bridgehead atoms. The molecule has 0 amide bonds. The van der Waals surface area contributed by atoms with Crippen LogP contribution in [0.5, 0.6) is 0 Å². The lowest BCUT2D eigenvalue weighted by molar-refractivity contribution is 1.32. The highest BCUT2D eigenvalue weighted by Gasteiger charge is 1.92. The van der Waals surface area contributed by atoms with Crippen molar-refractivity contribution in [2.45, 2.75) is 13.8 Å². The second kappa shape index (κ2) is 4.50. The third-order valence-electron chi connectivity index (χ3n) is 1.67. The first-order chi connectivity index (χ1) is 5.88. The first-order valence-corrected chi connectivity index (χ1v) is 4.08. The molecule has 1 rings (SSSR count). The highest BCUT2D eigenvalue weighted by molar-refractivity contribution is 5.73. The van der Waals surface area contributed by atoms with E-state index in [-0.39, 0.29) is 0 Å². The molecule has 0 aliphatic rings. The van der Waals surface area contributed by atoms with Gasteiger partial charge in [-0.25, -0.2) is 0 Å². The monoisotopic (exact) mass is 159 g/mol. The Morgan fingerprint density at radius 3 is 2.42 bits per heavy atom. The van der Waals surface area contributed by atoms with Crippen LogP contribution in [0, 0.1) is 0 Å². The second-order valence-corrected chi connectivity index (χ2v) is 2.48. The van der Waals surface area contributed by atoms with Gasteiger partial charge in [-0.05, 0) is 37.1 Å². The predicted molar refractivity (Wildman–Crippen MR) is 52.7 cm³/mol. The first-order valence-electron chi connectivity index (χ1n) is 4.08. The number of rotatable bonds is 2. The molecule has 0 unspecified atom stereocenters. The fourth-order valence-corrected chi connectivity index (χ4v) is 1.08. The van der Waals surface area contributed by atoms with Gasteiger partial charge in [-0.15, -0.1) is 0 Å². The van der Waals surface area contributed by atoms with Gasteiger partial charge < -0.3 is 0 Å². The van der Waals surface area contributed by atoms with Crippen LogP contribution in [0.2, 0.25) is 0 Å². The van der Waals surface area contributed by atoms with Crippen LogP contribution in [0.25, 0.3) is 5.57 Å². The van der Waals surface area contributed by atoms with Crippen molar-refractivity contribution in [1.29, 1.82) is 0 Å². The molecule has 12 heavy (non-hydrogen) atoms. The van der Waals surface area contributed by atoms with Gasteiger partial charge in [0.15, 0.2) is 0 Å². The average Bonchev–Trinajstić information content (AvgIpc) is 2.15. The Balaban J connectivity index is 2.97. The van der Waals surface area contributed by atoms with Gasteiger partial charge >= 0.3 is 0 Å². The van der Waals surface area contributed by atoms with Crippen molar-refractivity contribution in [2.75, 3.05) is 0 Å². The van der Waals surface area contributed by atoms with Crippen LogP contribution in [-0.2, 0) is 0 Å². The van der Waals surface area contributed by atoms with E-state index in [1.165, 1.54) is 11.1 Å². The van der Waals surface area contributed by atoms with Gasteiger partial charge in [0.1, 0.15) is 0 Å². The van der Waals surface area contributed by atoms with E-state index in [9.17, 15) is 0 Å². The van der Waals surface area contributed by atoms with Crippen LogP contribution in [0.15, 0.2) is 42.8 Å². The summed E-state index contributed by atoms with van der Waals surface area (Å²) in [5.41, 5.74) is 2.45. The van der Waals surface area contributed by atoms with Crippen molar-refractivity contribution in [2.24, 2.45) is 0 Å². The number of aromatic nitrogens is 1. The summed E-state index contributed by atoms with van der Waals surface area (Å²) in [6, 6.07) is 4.02. The van der Waals surface area contributed by atoms with E-state index < -0.39 is 0 Å². The third kappa shape index (κ3) is 2.06. The van der Waals surface area contributed by atoms with Gasteiger partial charge in [-0.2, -0.15) is 0 Å². The normalized spacial score (nSPS) is 12.3. The van der Waals surface area contributed by atoms with Crippen molar-refractivity contribution in [3.8, 4) is 0 Å². The summed E-state index contributed by atoms with van der Waals surface area (Å²) in [4.78, 5) is 3.97. The lowest BCUT2D eigenvalue weighted by Gasteiger charge is -1.99. The third-order valence-corrected chi connectivity index (χ3v) is 1.67. The van der Waals surface area contributed by atoms with Gasteiger partial charge in [0.05, 0.1) is 0 Å². The van der Waals surface area contributed by atoms with Crippen LogP contribution >= 0.6 is 0 Å². The molecule has 1 aromatic heterocycles. The summed E-state index contributed by atoms with van der Waals surface area (Å²) in [5, 5.41) is 0. The largest absolute Gasteiger partial charge is 0.265 e. The van der Waals surface area contributed by atoms with Crippen molar-refractivity contribution < 1.29 is 0 Å². The summed E-state index contributed by atoms with van der Waals surface area (Å²) in [7, 11) is 0. The lowest BCUT2D eigenvalue weighted by Crippen LogP contribution is -1.79. The van der Waals surface area contributed by atoms with Gasteiger partial charge in [-0.3, -0.25) is 4.98 Å². The van der Waals surface area contributed by atoms with E-state index >= 15 is 0 Å². The predicted octanol–water partition coefficient (Wildman–Crippen LogP) is 3.06. The Morgan fingerprint density at radius 1 is 1.25 bits per heavy atom. The Hall–Kier alpha value is -1.37. The molecule has 62 valence electrons. The SMILES string of the molecule is CC=CC(=CC)c1ccncc1. The Morgan fingerprint density at radius 2 is 1.92 bits per heavy atom. The zero-order chi connectivity index (χ0) is 8.81. The molecule has 0 fully saturated rings. The molecule has 0 spiro atoms. The van der Waals surface area contributed by atoms with Gasteiger partial charge in [0.25, 0.3) is 0 Å². The molecule has 0 aromatic carbocycles. The highest BCUT2D eigenvalue weighted by Crippen LogP contribution is 2.13. The molecule has 0 saturated carbocycles. The molecule has 0 saturated heterocycles.